The molecule has 0 aromatic carbocycles. The summed E-state index contributed by atoms with van der Waals surface area (Å²) in [5.74, 6) is 0.608. The lowest BCUT2D eigenvalue weighted by atomic mass is 9.87. The van der Waals surface area contributed by atoms with E-state index >= 15 is 0 Å². The Kier molecular flexibility index (Phi) is 11.3. The van der Waals surface area contributed by atoms with Crippen molar-refractivity contribution in [3.8, 4) is 0 Å². The maximum atomic E-state index is 12.2. The maximum Gasteiger partial charge on any atom is 0.309 e. The van der Waals surface area contributed by atoms with Crippen LogP contribution in [-0.2, 0) is 9.53 Å². The molecular formula is C24H40O2. The minimum absolute atomic E-state index is 0.0159. The van der Waals surface area contributed by atoms with Crippen molar-refractivity contribution in [1.29, 1.82) is 0 Å². The van der Waals surface area contributed by atoms with Crippen molar-refractivity contribution < 1.29 is 9.53 Å². The molecule has 0 spiro atoms. The van der Waals surface area contributed by atoms with E-state index in [0.29, 0.717) is 12.5 Å². The van der Waals surface area contributed by atoms with Gasteiger partial charge in [-0.05, 0) is 71.6 Å². The normalized spacial score (nSPS) is 17.8. The van der Waals surface area contributed by atoms with E-state index in [2.05, 4.69) is 52.8 Å². The average molecular weight is 361 g/mol. The molecule has 0 saturated heterocycles. The second-order valence-electron chi connectivity index (χ2n) is 8.06. The molecule has 0 fully saturated rings. The third-order valence-electron chi connectivity index (χ3n) is 5.50. The van der Waals surface area contributed by atoms with Gasteiger partial charge in [-0.3, -0.25) is 4.79 Å². The van der Waals surface area contributed by atoms with Crippen molar-refractivity contribution in [2.24, 2.45) is 11.8 Å². The van der Waals surface area contributed by atoms with E-state index in [9.17, 15) is 4.79 Å². The molecule has 26 heavy (non-hydrogen) atoms. The topological polar surface area (TPSA) is 26.3 Å². The van der Waals surface area contributed by atoms with Gasteiger partial charge in [0.2, 0.25) is 0 Å². The summed E-state index contributed by atoms with van der Waals surface area (Å²) in [4.78, 5) is 12.2. The highest BCUT2D eigenvalue weighted by atomic mass is 16.5. The number of carbonyl (C=O) groups excluding carboxylic acids is 1. The van der Waals surface area contributed by atoms with Gasteiger partial charge >= 0.3 is 5.97 Å². The van der Waals surface area contributed by atoms with Crippen molar-refractivity contribution in [2.75, 3.05) is 6.61 Å². The highest BCUT2D eigenvalue weighted by Crippen LogP contribution is 2.28. The van der Waals surface area contributed by atoms with E-state index < -0.39 is 0 Å². The molecule has 0 aliphatic heterocycles. The average Bonchev–Trinajstić information content (AvgIpc) is 2.62. The van der Waals surface area contributed by atoms with E-state index in [1.165, 1.54) is 16.7 Å². The fourth-order valence-corrected chi connectivity index (χ4v) is 3.37. The molecule has 0 saturated carbocycles. The molecule has 1 atom stereocenters. The molecule has 0 N–H and O–H groups in total. The highest BCUT2D eigenvalue weighted by Gasteiger charge is 2.23. The van der Waals surface area contributed by atoms with Crippen molar-refractivity contribution >= 4 is 5.97 Å². The van der Waals surface area contributed by atoms with Crippen LogP contribution >= 0.6 is 0 Å². The van der Waals surface area contributed by atoms with Gasteiger partial charge in [0.1, 0.15) is 0 Å². The van der Waals surface area contributed by atoms with Gasteiger partial charge in [-0.2, -0.15) is 0 Å². The number of esters is 1. The Bertz CT molecular complexity index is 502. The summed E-state index contributed by atoms with van der Waals surface area (Å²) in [6, 6.07) is 0. The summed E-state index contributed by atoms with van der Waals surface area (Å²) in [6.45, 7) is 11.5. The molecule has 0 heterocycles. The lowest BCUT2D eigenvalue weighted by Gasteiger charge is -2.22. The van der Waals surface area contributed by atoms with Gasteiger partial charge in [-0.15, -0.1) is 0 Å². The number of carbonyl (C=O) groups is 1. The molecule has 1 aliphatic rings. The van der Waals surface area contributed by atoms with Gasteiger partial charge in [0.25, 0.3) is 0 Å². The zero-order chi connectivity index (χ0) is 19.4. The van der Waals surface area contributed by atoms with Crippen LogP contribution in [0.1, 0.15) is 92.4 Å². The van der Waals surface area contributed by atoms with Crippen molar-refractivity contribution in [3.63, 3.8) is 0 Å². The summed E-state index contributed by atoms with van der Waals surface area (Å²) in [5, 5.41) is 0. The van der Waals surface area contributed by atoms with Crippen molar-refractivity contribution in [1.82, 2.24) is 0 Å². The smallest absolute Gasteiger partial charge is 0.309 e. The van der Waals surface area contributed by atoms with E-state index in [-0.39, 0.29) is 11.9 Å². The molecule has 0 aromatic heterocycles. The van der Waals surface area contributed by atoms with Crippen LogP contribution in [0, 0.1) is 11.8 Å². The Morgan fingerprint density at radius 1 is 1.19 bits per heavy atom. The van der Waals surface area contributed by atoms with Crippen LogP contribution in [0.3, 0.4) is 0 Å². The lowest BCUT2D eigenvalue weighted by Crippen LogP contribution is -2.22. The summed E-state index contributed by atoms with van der Waals surface area (Å²) < 4.78 is 5.55. The second kappa shape index (κ2) is 12.9. The molecular weight excluding hydrogens is 320 g/mol. The van der Waals surface area contributed by atoms with Crippen LogP contribution in [0.2, 0.25) is 0 Å². The fourth-order valence-electron chi connectivity index (χ4n) is 3.37. The molecule has 0 aromatic rings. The first-order valence-electron chi connectivity index (χ1n) is 10.6. The molecule has 1 rings (SSSR count). The Labute approximate surface area is 161 Å². The van der Waals surface area contributed by atoms with E-state index in [1.807, 2.05) is 0 Å². The summed E-state index contributed by atoms with van der Waals surface area (Å²) >= 11 is 0. The Morgan fingerprint density at radius 3 is 2.50 bits per heavy atom. The number of ether oxygens (including phenoxy) is 1. The Balaban J connectivity index is 2.29. The van der Waals surface area contributed by atoms with Crippen LogP contribution in [0.25, 0.3) is 0 Å². The first-order valence-corrected chi connectivity index (χ1v) is 10.6. The zero-order valence-corrected chi connectivity index (χ0v) is 17.8. The monoisotopic (exact) mass is 360 g/mol. The van der Waals surface area contributed by atoms with E-state index in [1.54, 1.807) is 0 Å². The SMILES string of the molecule is CCC(CC)COC(=O)C1CC=C(CCC=C(C)CCC=C(C)C)CC1. The van der Waals surface area contributed by atoms with Gasteiger partial charge in [0.15, 0.2) is 0 Å². The fraction of sp³-hybridized carbons (Fsp3) is 0.708. The first-order chi connectivity index (χ1) is 12.5. The van der Waals surface area contributed by atoms with Crippen molar-refractivity contribution in [3.05, 3.63) is 34.9 Å². The van der Waals surface area contributed by atoms with Gasteiger partial charge in [-0.25, -0.2) is 0 Å². The Morgan fingerprint density at radius 2 is 1.92 bits per heavy atom. The Hall–Kier alpha value is -1.31. The van der Waals surface area contributed by atoms with Gasteiger partial charge in [-0.1, -0.05) is 61.6 Å². The van der Waals surface area contributed by atoms with Gasteiger partial charge in [0, 0.05) is 0 Å². The largest absolute Gasteiger partial charge is 0.465 e. The van der Waals surface area contributed by atoms with Crippen LogP contribution in [0.15, 0.2) is 34.9 Å². The van der Waals surface area contributed by atoms with Crippen LogP contribution in [0.5, 0.6) is 0 Å². The maximum absolute atomic E-state index is 12.2. The standard InChI is InChI=1S/C24H40O2/c1-6-21(7-2)18-26-24(25)23-16-14-22(15-17-23)13-9-12-20(5)11-8-10-19(3)4/h10,12,14,21,23H,6-9,11,13,15-18H2,1-5H3. The van der Waals surface area contributed by atoms with Crippen LogP contribution in [0.4, 0.5) is 0 Å². The first kappa shape index (κ1) is 22.7. The number of rotatable bonds is 11. The van der Waals surface area contributed by atoms with Gasteiger partial charge < -0.3 is 4.74 Å². The lowest BCUT2D eigenvalue weighted by molar-refractivity contribution is -0.150. The zero-order valence-electron chi connectivity index (χ0n) is 17.8. The third kappa shape index (κ3) is 9.40. The highest BCUT2D eigenvalue weighted by molar-refractivity contribution is 5.72. The van der Waals surface area contributed by atoms with E-state index in [4.69, 9.17) is 4.74 Å². The summed E-state index contributed by atoms with van der Waals surface area (Å²) in [7, 11) is 0. The molecule has 2 nitrogen and oxygen atoms in total. The van der Waals surface area contributed by atoms with Crippen molar-refractivity contribution in [2.45, 2.75) is 92.4 Å². The van der Waals surface area contributed by atoms with Gasteiger partial charge in [0.05, 0.1) is 12.5 Å². The van der Waals surface area contributed by atoms with E-state index in [0.717, 1.165) is 57.8 Å². The minimum Gasteiger partial charge on any atom is -0.465 e. The number of allylic oxidation sites excluding steroid dienone is 6. The molecule has 148 valence electrons. The van der Waals surface area contributed by atoms with Crippen LogP contribution in [-0.4, -0.2) is 12.6 Å². The predicted octanol–water partition coefficient (Wildman–Crippen LogP) is 7.17. The molecule has 2 heteroatoms. The van der Waals surface area contributed by atoms with Crippen LogP contribution < -0.4 is 0 Å². The molecule has 1 aliphatic carbocycles. The molecule has 0 radical (unpaired) electrons. The second-order valence-corrected chi connectivity index (χ2v) is 8.06. The quantitative estimate of drug-likeness (QED) is 0.288. The summed E-state index contributed by atoms with van der Waals surface area (Å²) in [6.07, 6.45) is 16.6. The molecule has 0 amide bonds. The number of hydrogen-bond acceptors (Lipinski definition) is 2. The predicted molar refractivity (Wildman–Crippen MR) is 112 cm³/mol. The summed E-state index contributed by atoms with van der Waals surface area (Å²) in [5.41, 5.74) is 4.40. The number of hydrogen-bond donors (Lipinski definition) is 0. The molecule has 1 unspecified atom stereocenters. The molecule has 0 bridgehead atoms. The third-order valence-corrected chi connectivity index (χ3v) is 5.50. The minimum atomic E-state index is 0.0159.